The zero-order valence-electron chi connectivity index (χ0n) is 13.3. The van der Waals surface area contributed by atoms with Gasteiger partial charge in [0.05, 0.1) is 19.3 Å². The monoisotopic (exact) mass is 335 g/mol. The Morgan fingerprint density at radius 3 is 1.78 bits per heavy atom. The van der Waals surface area contributed by atoms with Crippen LogP contribution in [0.15, 0.2) is 60.7 Å². The van der Waals surface area contributed by atoms with Crippen molar-refractivity contribution in [3.63, 3.8) is 0 Å². The molecule has 0 aliphatic carbocycles. The van der Waals surface area contributed by atoms with Crippen molar-refractivity contribution in [3.05, 3.63) is 60.7 Å². The molecule has 126 valence electrons. The summed E-state index contributed by atoms with van der Waals surface area (Å²) in [4.78, 5) is 4.04. The molecule has 0 amide bonds. The fourth-order valence-corrected chi connectivity index (χ4v) is 2.47. The van der Waals surface area contributed by atoms with Gasteiger partial charge in [-0.15, -0.1) is 0 Å². The highest BCUT2D eigenvalue weighted by atomic mass is 35.5. The number of aliphatic hydroxyl groups excluding tert-OH is 2. The molecule has 2 aromatic rings. The summed E-state index contributed by atoms with van der Waals surface area (Å²) in [5.74, 6) is 0. The molecule has 0 saturated heterocycles. The first-order chi connectivity index (χ1) is 10.7. The third kappa shape index (κ3) is 6.20. The fraction of sp³-hybridized carbons (Fsp3) is 0.333. The predicted molar refractivity (Wildman–Crippen MR) is 90.5 cm³/mol. The van der Waals surface area contributed by atoms with Crippen LogP contribution in [-0.2, 0) is 0 Å². The van der Waals surface area contributed by atoms with Gasteiger partial charge in [0, 0.05) is 24.5 Å². The largest absolute Gasteiger partial charge is 1.00 e. The molecule has 1 atom stereocenters. The normalized spacial score (nSPS) is 11.8. The molecule has 2 rings (SSSR count). The zero-order valence-corrected chi connectivity index (χ0v) is 14.1. The van der Waals surface area contributed by atoms with Crippen LogP contribution in [0.3, 0.4) is 0 Å². The Kier molecular flexibility index (Phi) is 8.66. The maximum Gasteiger partial charge on any atom is 0.0845 e. The maximum atomic E-state index is 10.4. The van der Waals surface area contributed by atoms with E-state index in [-0.39, 0.29) is 19.0 Å². The smallest absolute Gasteiger partial charge is 0.0845 e. The molecular weight excluding hydrogens is 312 g/mol. The topological polar surface area (TPSA) is 46.9 Å². The molecule has 0 bridgehead atoms. The van der Waals surface area contributed by atoms with Crippen molar-refractivity contribution in [2.45, 2.75) is 6.10 Å². The van der Waals surface area contributed by atoms with Crippen molar-refractivity contribution in [2.24, 2.45) is 0 Å². The fourth-order valence-electron chi connectivity index (χ4n) is 2.47. The lowest BCUT2D eigenvalue weighted by Gasteiger charge is -2.29. The van der Waals surface area contributed by atoms with Crippen molar-refractivity contribution in [3.8, 4) is 0 Å². The Bertz CT molecular complexity index is 500. The molecule has 2 N–H and O–H groups in total. The molecule has 23 heavy (non-hydrogen) atoms. The summed E-state index contributed by atoms with van der Waals surface area (Å²) in [7, 11) is 1.90. The molecule has 0 saturated carbocycles. The summed E-state index contributed by atoms with van der Waals surface area (Å²) in [6.07, 6.45) is -0.503. The number of anilines is 2. The standard InChI is InChI=1S/C18H24N2O2.ClH/c1-19(12-13-21)14-18(22)15-20(16-8-4-2-5-9-16)17-10-6-3-7-11-17;/h2-11,18,21-22H,12-15H2,1H3;1H/p-1. The minimum absolute atomic E-state index is 0. The molecular formula is C18H24ClN2O2-. The van der Waals surface area contributed by atoms with Crippen LogP contribution in [0.1, 0.15) is 0 Å². The molecule has 5 heteroatoms. The van der Waals surface area contributed by atoms with Gasteiger partial charge in [0.25, 0.3) is 0 Å². The van der Waals surface area contributed by atoms with Crippen LogP contribution in [0.2, 0.25) is 0 Å². The third-order valence-electron chi connectivity index (χ3n) is 3.53. The van der Waals surface area contributed by atoms with E-state index in [0.717, 1.165) is 11.4 Å². The van der Waals surface area contributed by atoms with Crippen LogP contribution in [0, 0.1) is 0 Å². The first-order valence-electron chi connectivity index (χ1n) is 7.56. The Morgan fingerprint density at radius 1 is 0.870 bits per heavy atom. The Hall–Kier alpha value is -1.59. The molecule has 0 aromatic heterocycles. The van der Waals surface area contributed by atoms with Gasteiger partial charge in [0.1, 0.15) is 0 Å². The van der Waals surface area contributed by atoms with Crippen molar-refractivity contribution >= 4 is 11.4 Å². The van der Waals surface area contributed by atoms with E-state index in [0.29, 0.717) is 19.6 Å². The van der Waals surface area contributed by atoms with E-state index in [1.54, 1.807) is 0 Å². The lowest BCUT2D eigenvalue weighted by Crippen LogP contribution is -3.00. The average molecular weight is 336 g/mol. The highest BCUT2D eigenvalue weighted by Crippen LogP contribution is 2.24. The molecule has 0 spiro atoms. The Morgan fingerprint density at radius 2 is 1.35 bits per heavy atom. The predicted octanol–water partition coefficient (Wildman–Crippen LogP) is -0.886. The van der Waals surface area contributed by atoms with Gasteiger partial charge < -0.3 is 32.4 Å². The van der Waals surface area contributed by atoms with E-state index in [1.807, 2.05) is 72.6 Å². The van der Waals surface area contributed by atoms with E-state index < -0.39 is 6.10 Å². The molecule has 2 aromatic carbocycles. The molecule has 0 heterocycles. The number of likely N-dealkylation sites (N-methyl/N-ethyl adjacent to an activating group) is 1. The van der Waals surface area contributed by atoms with E-state index in [2.05, 4.69) is 4.90 Å². The van der Waals surface area contributed by atoms with Crippen LogP contribution in [0.5, 0.6) is 0 Å². The summed E-state index contributed by atoms with van der Waals surface area (Å²) in [6.45, 7) is 1.69. The number of benzene rings is 2. The number of hydrogen-bond donors (Lipinski definition) is 2. The van der Waals surface area contributed by atoms with E-state index >= 15 is 0 Å². The van der Waals surface area contributed by atoms with Crippen LogP contribution in [0.25, 0.3) is 0 Å². The first-order valence-corrected chi connectivity index (χ1v) is 7.56. The zero-order chi connectivity index (χ0) is 15.8. The Balaban J connectivity index is 0.00000264. The highest BCUT2D eigenvalue weighted by Gasteiger charge is 2.15. The van der Waals surface area contributed by atoms with Gasteiger partial charge in [-0.1, -0.05) is 36.4 Å². The van der Waals surface area contributed by atoms with Gasteiger partial charge in [-0.25, -0.2) is 0 Å². The van der Waals surface area contributed by atoms with Crippen LogP contribution in [0.4, 0.5) is 11.4 Å². The summed E-state index contributed by atoms with van der Waals surface area (Å²) >= 11 is 0. The molecule has 0 radical (unpaired) electrons. The van der Waals surface area contributed by atoms with E-state index in [4.69, 9.17) is 5.11 Å². The van der Waals surface area contributed by atoms with Gasteiger partial charge in [-0.2, -0.15) is 0 Å². The van der Waals surface area contributed by atoms with Gasteiger partial charge in [0.15, 0.2) is 0 Å². The molecule has 0 aliphatic rings. The van der Waals surface area contributed by atoms with Crippen molar-refractivity contribution in [1.82, 2.24) is 4.90 Å². The van der Waals surface area contributed by atoms with Crippen molar-refractivity contribution < 1.29 is 22.6 Å². The minimum atomic E-state index is -0.503. The van der Waals surface area contributed by atoms with Gasteiger partial charge in [-0.3, -0.25) is 0 Å². The van der Waals surface area contributed by atoms with Gasteiger partial charge >= 0.3 is 0 Å². The molecule has 4 nitrogen and oxygen atoms in total. The van der Waals surface area contributed by atoms with E-state index in [1.165, 1.54) is 0 Å². The number of nitrogens with zero attached hydrogens (tertiary/aromatic N) is 2. The molecule has 0 aliphatic heterocycles. The summed E-state index contributed by atoms with van der Waals surface area (Å²) in [5, 5.41) is 19.3. The lowest BCUT2D eigenvalue weighted by atomic mass is 10.2. The van der Waals surface area contributed by atoms with E-state index in [9.17, 15) is 5.11 Å². The molecule has 0 fully saturated rings. The summed E-state index contributed by atoms with van der Waals surface area (Å²) < 4.78 is 0. The second-order valence-electron chi connectivity index (χ2n) is 5.42. The minimum Gasteiger partial charge on any atom is -1.00 e. The third-order valence-corrected chi connectivity index (χ3v) is 3.53. The van der Waals surface area contributed by atoms with Gasteiger partial charge in [-0.05, 0) is 31.3 Å². The van der Waals surface area contributed by atoms with Crippen LogP contribution in [-0.4, -0.2) is 54.5 Å². The second kappa shape index (κ2) is 10.2. The summed E-state index contributed by atoms with van der Waals surface area (Å²) in [5.41, 5.74) is 2.11. The second-order valence-corrected chi connectivity index (χ2v) is 5.42. The number of halogens is 1. The SMILES string of the molecule is CN(CCO)CC(O)CN(c1ccccc1)c1ccccc1.[Cl-]. The lowest BCUT2D eigenvalue weighted by molar-refractivity contribution is -0.00000868. The number of hydrogen-bond acceptors (Lipinski definition) is 4. The quantitative estimate of drug-likeness (QED) is 0.657. The first kappa shape index (κ1) is 19.5. The number of aliphatic hydroxyl groups is 2. The number of para-hydroxylation sites is 2. The highest BCUT2D eigenvalue weighted by molar-refractivity contribution is 5.63. The van der Waals surface area contributed by atoms with Crippen molar-refractivity contribution in [1.29, 1.82) is 0 Å². The maximum absolute atomic E-state index is 10.4. The summed E-state index contributed by atoms with van der Waals surface area (Å²) in [6, 6.07) is 20.1. The van der Waals surface area contributed by atoms with Crippen molar-refractivity contribution in [2.75, 3.05) is 38.2 Å². The van der Waals surface area contributed by atoms with Gasteiger partial charge in [0.2, 0.25) is 0 Å². The van der Waals surface area contributed by atoms with Crippen LogP contribution >= 0.6 is 0 Å². The van der Waals surface area contributed by atoms with Crippen LogP contribution < -0.4 is 17.3 Å². The molecule has 1 unspecified atom stereocenters. The average Bonchev–Trinajstić information content (AvgIpc) is 2.54. The number of rotatable bonds is 8. The Labute approximate surface area is 144 Å².